The molecule has 1 heterocycles. The highest BCUT2D eigenvalue weighted by molar-refractivity contribution is 6.29. The highest BCUT2D eigenvalue weighted by Gasteiger charge is 2.12. The molecule has 87 valence electrons. The summed E-state index contributed by atoms with van der Waals surface area (Å²) in [4.78, 5) is 0. The topological polar surface area (TPSA) is 21.3 Å². The first-order chi connectivity index (χ1) is 8.34. The van der Waals surface area contributed by atoms with Gasteiger partial charge in [0.15, 0.2) is 0 Å². The van der Waals surface area contributed by atoms with Gasteiger partial charge in [-0.05, 0) is 12.0 Å². The lowest BCUT2D eigenvalue weighted by Crippen LogP contribution is -2.34. The number of hydrogen-bond acceptors (Lipinski definition) is 2. The number of benzene rings is 1. The van der Waals surface area contributed by atoms with Crippen LogP contribution in [0, 0.1) is 0 Å². The predicted octanol–water partition coefficient (Wildman–Crippen LogP) is 2.25. The molecule has 1 radical (unpaired) electrons. The summed E-state index contributed by atoms with van der Waals surface area (Å²) in [6.45, 7) is 4.73. The van der Waals surface area contributed by atoms with Crippen molar-refractivity contribution in [3.63, 3.8) is 0 Å². The Morgan fingerprint density at radius 2 is 2.18 bits per heavy atom. The van der Waals surface area contributed by atoms with Crippen molar-refractivity contribution in [1.29, 1.82) is 0 Å². The number of rotatable bonds is 4. The van der Waals surface area contributed by atoms with E-state index in [1.807, 2.05) is 31.8 Å². The lowest BCUT2D eigenvalue weighted by Gasteiger charge is -2.17. The summed E-state index contributed by atoms with van der Waals surface area (Å²) in [5, 5.41) is 3.38. The van der Waals surface area contributed by atoms with Gasteiger partial charge in [-0.2, -0.15) is 0 Å². The van der Waals surface area contributed by atoms with Crippen molar-refractivity contribution >= 4 is 7.48 Å². The molecule has 1 aromatic rings. The average molecular weight is 226 g/mol. The van der Waals surface area contributed by atoms with Gasteiger partial charge in [-0.25, -0.2) is 0 Å². The molecule has 17 heavy (non-hydrogen) atoms. The third-order valence-corrected chi connectivity index (χ3v) is 2.66. The molecule has 3 heteroatoms. The van der Waals surface area contributed by atoms with E-state index in [0.29, 0.717) is 6.61 Å². The molecule has 1 atom stereocenters. The molecule has 0 amide bonds. The van der Waals surface area contributed by atoms with Crippen LogP contribution in [0.3, 0.4) is 0 Å². The fourth-order valence-electron chi connectivity index (χ4n) is 1.84. The first kappa shape index (κ1) is 12.0. The van der Waals surface area contributed by atoms with Crippen molar-refractivity contribution in [2.24, 2.45) is 0 Å². The molecule has 0 fully saturated rings. The standard InChI is InChI=1S/C14H17BNO/c1-12(11-13-7-3-2-4-8-13)16-14-9-5-6-10-17-15-14/h2-8,14,16H,1,9-11H2. The van der Waals surface area contributed by atoms with Crippen LogP contribution in [0.2, 0.25) is 0 Å². The van der Waals surface area contributed by atoms with E-state index >= 15 is 0 Å². The second kappa shape index (κ2) is 6.31. The van der Waals surface area contributed by atoms with E-state index in [1.165, 1.54) is 5.56 Å². The van der Waals surface area contributed by atoms with Crippen LogP contribution in [0.15, 0.2) is 54.8 Å². The Kier molecular flexibility index (Phi) is 4.45. The van der Waals surface area contributed by atoms with Crippen molar-refractivity contribution in [2.45, 2.75) is 18.8 Å². The smallest absolute Gasteiger partial charge is 0.317 e. The van der Waals surface area contributed by atoms with Gasteiger partial charge in [0.05, 0.1) is 0 Å². The van der Waals surface area contributed by atoms with E-state index in [4.69, 9.17) is 4.65 Å². The van der Waals surface area contributed by atoms with Gasteiger partial charge in [-0.1, -0.05) is 49.1 Å². The molecule has 2 nitrogen and oxygen atoms in total. The van der Waals surface area contributed by atoms with Gasteiger partial charge in [0, 0.05) is 24.7 Å². The summed E-state index contributed by atoms with van der Waals surface area (Å²) in [5.41, 5.74) is 2.30. The quantitative estimate of drug-likeness (QED) is 0.628. The fraction of sp³-hybridized carbons (Fsp3) is 0.286. The predicted molar refractivity (Wildman–Crippen MR) is 71.7 cm³/mol. The Labute approximate surface area is 104 Å². The zero-order chi connectivity index (χ0) is 11.9. The second-order valence-electron chi connectivity index (χ2n) is 4.19. The normalized spacial score (nSPS) is 19.2. The van der Waals surface area contributed by atoms with Crippen LogP contribution in [-0.2, 0) is 11.1 Å². The van der Waals surface area contributed by atoms with Crippen LogP contribution in [0.25, 0.3) is 0 Å². The molecular weight excluding hydrogens is 209 g/mol. The van der Waals surface area contributed by atoms with Crippen molar-refractivity contribution in [2.75, 3.05) is 6.61 Å². The minimum atomic E-state index is 0.227. The van der Waals surface area contributed by atoms with Crippen LogP contribution in [0.1, 0.15) is 12.0 Å². The Morgan fingerprint density at radius 3 is 3.00 bits per heavy atom. The molecule has 1 N–H and O–H groups in total. The number of allylic oxidation sites excluding steroid dienone is 1. The van der Waals surface area contributed by atoms with Crippen molar-refractivity contribution < 1.29 is 4.65 Å². The minimum absolute atomic E-state index is 0.227. The first-order valence-electron chi connectivity index (χ1n) is 5.93. The van der Waals surface area contributed by atoms with Gasteiger partial charge >= 0.3 is 7.48 Å². The van der Waals surface area contributed by atoms with Crippen LogP contribution >= 0.6 is 0 Å². The second-order valence-corrected chi connectivity index (χ2v) is 4.19. The maximum Gasteiger partial charge on any atom is 0.317 e. The minimum Gasteiger partial charge on any atom is -0.435 e. The van der Waals surface area contributed by atoms with E-state index in [0.717, 1.165) is 18.5 Å². The molecule has 1 aliphatic rings. The Hall–Kier alpha value is -1.48. The number of hydrogen-bond donors (Lipinski definition) is 1. The molecule has 0 saturated heterocycles. The summed E-state index contributed by atoms with van der Waals surface area (Å²) in [5.74, 6) is 0.227. The Balaban J connectivity index is 1.82. The van der Waals surface area contributed by atoms with Gasteiger partial charge < -0.3 is 9.97 Å². The van der Waals surface area contributed by atoms with Gasteiger partial charge in [0.1, 0.15) is 0 Å². The van der Waals surface area contributed by atoms with E-state index in [-0.39, 0.29) is 5.94 Å². The van der Waals surface area contributed by atoms with Crippen LogP contribution in [0.4, 0.5) is 0 Å². The lowest BCUT2D eigenvalue weighted by atomic mass is 9.85. The third-order valence-electron chi connectivity index (χ3n) is 2.66. The molecule has 0 aromatic heterocycles. The van der Waals surface area contributed by atoms with E-state index < -0.39 is 0 Å². The fourth-order valence-corrected chi connectivity index (χ4v) is 1.84. The van der Waals surface area contributed by atoms with Crippen molar-refractivity contribution in [3.8, 4) is 0 Å². The zero-order valence-corrected chi connectivity index (χ0v) is 9.93. The van der Waals surface area contributed by atoms with Gasteiger partial charge in [-0.3, -0.25) is 0 Å². The first-order valence-corrected chi connectivity index (χ1v) is 5.93. The monoisotopic (exact) mass is 226 g/mol. The molecule has 1 unspecified atom stereocenters. The molecule has 1 aliphatic heterocycles. The summed E-state index contributed by atoms with van der Waals surface area (Å²) in [6.07, 6.45) is 5.98. The van der Waals surface area contributed by atoms with Crippen LogP contribution in [0.5, 0.6) is 0 Å². The summed E-state index contributed by atoms with van der Waals surface area (Å²) < 4.78 is 5.34. The van der Waals surface area contributed by atoms with Crippen LogP contribution in [-0.4, -0.2) is 20.0 Å². The molecule has 0 aliphatic carbocycles. The molecule has 2 rings (SSSR count). The summed E-state index contributed by atoms with van der Waals surface area (Å²) in [7, 11) is 1.86. The molecule has 1 aromatic carbocycles. The highest BCUT2D eigenvalue weighted by Crippen LogP contribution is 2.07. The maximum atomic E-state index is 5.34. The third kappa shape index (κ3) is 4.12. The summed E-state index contributed by atoms with van der Waals surface area (Å²) in [6, 6.07) is 10.3. The molecule has 0 spiro atoms. The Morgan fingerprint density at radius 1 is 1.35 bits per heavy atom. The van der Waals surface area contributed by atoms with E-state index in [1.54, 1.807) is 0 Å². The molecule has 0 bridgehead atoms. The average Bonchev–Trinajstić information content (AvgIpc) is 2.59. The highest BCUT2D eigenvalue weighted by atomic mass is 16.4. The van der Waals surface area contributed by atoms with Gasteiger partial charge in [-0.15, -0.1) is 0 Å². The van der Waals surface area contributed by atoms with E-state index in [9.17, 15) is 0 Å². The largest absolute Gasteiger partial charge is 0.435 e. The summed E-state index contributed by atoms with van der Waals surface area (Å²) >= 11 is 0. The zero-order valence-electron chi connectivity index (χ0n) is 9.93. The van der Waals surface area contributed by atoms with Crippen LogP contribution < -0.4 is 5.32 Å². The van der Waals surface area contributed by atoms with Crippen molar-refractivity contribution in [3.05, 3.63) is 60.3 Å². The van der Waals surface area contributed by atoms with Crippen molar-refractivity contribution in [1.82, 2.24) is 5.32 Å². The SMILES string of the molecule is C=C(Cc1ccccc1)NC1[B]OCC=CC1. The number of nitrogens with one attached hydrogen (secondary N) is 1. The van der Waals surface area contributed by atoms with Gasteiger partial charge in [0.2, 0.25) is 0 Å². The maximum absolute atomic E-state index is 5.34. The lowest BCUT2D eigenvalue weighted by molar-refractivity contribution is 0.378. The molecule has 0 saturated carbocycles. The molecular formula is C14H17BNO. The Bertz CT molecular complexity index is 388. The van der Waals surface area contributed by atoms with Gasteiger partial charge in [0.25, 0.3) is 0 Å². The van der Waals surface area contributed by atoms with E-state index in [2.05, 4.69) is 30.1 Å².